The third-order valence-corrected chi connectivity index (χ3v) is 4.24. The van der Waals surface area contributed by atoms with E-state index < -0.39 is 12.1 Å². The number of Topliss-reactive ketones (excluding diaryl/α,β-unsaturated/α-hetero) is 1. The van der Waals surface area contributed by atoms with Crippen LogP contribution in [0.4, 0.5) is 0 Å². The van der Waals surface area contributed by atoms with Crippen molar-refractivity contribution in [2.75, 3.05) is 7.11 Å². The van der Waals surface area contributed by atoms with Crippen molar-refractivity contribution in [2.45, 2.75) is 31.8 Å². The zero-order valence-corrected chi connectivity index (χ0v) is 13.7. The van der Waals surface area contributed by atoms with Crippen molar-refractivity contribution >= 4 is 28.6 Å². The number of ketones is 1. The van der Waals surface area contributed by atoms with Crippen LogP contribution in [0.5, 0.6) is 5.75 Å². The Kier molecular flexibility index (Phi) is 4.94. The summed E-state index contributed by atoms with van der Waals surface area (Å²) in [6.07, 6.45) is 5.49. The highest BCUT2D eigenvalue weighted by Gasteiger charge is 2.24. The van der Waals surface area contributed by atoms with Gasteiger partial charge in [0, 0.05) is 12.5 Å². The van der Waals surface area contributed by atoms with E-state index in [0.717, 1.165) is 34.9 Å². The van der Waals surface area contributed by atoms with Gasteiger partial charge in [-0.25, -0.2) is 4.79 Å². The van der Waals surface area contributed by atoms with E-state index >= 15 is 0 Å². The molecule has 1 aliphatic rings. The number of esters is 1. The molecule has 3 rings (SSSR count). The Morgan fingerprint density at radius 3 is 2.71 bits per heavy atom. The number of carbonyl (C=O) groups excluding carboxylic acids is 2. The van der Waals surface area contributed by atoms with Crippen LogP contribution in [-0.2, 0) is 14.3 Å². The van der Waals surface area contributed by atoms with Crippen molar-refractivity contribution in [1.29, 1.82) is 0 Å². The topological polar surface area (TPSA) is 52.6 Å². The van der Waals surface area contributed by atoms with Crippen molar-refractivity contribution in [3.05, 3.63) is 48.0 Å². The summed E-state index contributed by atoms with van der Waals surface area (Å²) in [7, 11) is 1.64. The van der Waals surface area contributed by atoms with Gasteiger partial charge in [0.15, 0.2) is 11.9 Å². The first-order valence-electron chi connectivity index (χ1n) is 8.15. The summed E-state index contributed by atoms with van der Waals surface area (Å²) in [4.78, 5) is 23.6. The second kappa shape index (κ2) is 7.30. The monoisotopic (exact) mass is 324 g/mol. The molecule has 1 fully saturated rings. The molecule has 0 heterocycles. The predicted octanol–water partition coefficient (Wildman–Crippen LogP) is 3.92. The van der Waals surface area contributed by atoms with Gasteiger partial charge in [-0.3, -0.25) is 4.79 Å². The van der Waals surface area contributed by atoms with Crippen molar-refractivity contribution in [1.82, 2.24) is 0 Å². The van der Waals surface area contributed by atoms with Crippen molar-refractivity contribution in [2.24, 2.45) is 0 Å². The van der Waals surface area contributed by atoms with Crippen molar-refractivity contribution in [3.63, 3.8) is 0 Å². The van der Waals surface area contributed by atoms with E-state index in [4.69, 9.17) is 9.47 Å². The molecule has 2 aromatic rings. The summed E-state index contributed by atoms with van der Waals surface area (Å²) in [6, 6.07) is 11.7. The van der Waals surface area contributed by atoms with Crippen LogP contribution in [0.25, 0.3) is 16.8 Å². The third-order valence-electron chi connectivity index (χ3n) is 4.24. The van der Waals surface area contributed by atoms with Gasteiger partial charge < -0.3 is 9.47 Å². The Labute approximate surface area is 141 Å². The molecule has 0 aromatic heterocycles. The number of carbonyl (C=O) groups is 2. The first-order chi connectivity index (χ1) is 11.7. The number of hydrogen-bond donors (Lipinski definition) is 0. The maximum Gasteiger partial charge on any atom is 0.331 e. The lowest BCUT2D eigenvalue weighted by Gasteiger charge is -2.19. The molecule has 0 bridgehead atoms. The molecule has 0 unspecified atom stereocenters. The average Bonchev–Trinajstić information content (AvgIpc) is 2.61. The molecule has 124 valence electrons. The Balaban J connectivity index is 1.68. The second-order valence-corrected chi connectivity index (χ2v) is 5.94. The van der Waals surface area contributed by atoms with E-state index in [1.165, 1.54) is 6.08 Å². The number of benzene rings is 2. The highest BCUT2D eigenvalue weighted by Crippen LogP contribution is 2.22. The molecule has 1 saturated carbocycles. The predicted molar refractivity (Wildman–Crippen MR) is 92.9 cm³/mol. The summed E-state index contributed by atoms with van der Waals surface area (Å²) in [5, 5.41) is 2.13. The lowest BCUT2D eigenvalue weighted by Crippen LogP contribution is -2.29. The fourth-order valence-corrected chi connectivity index (χ4v) is 2.89. The summed E-state index contributed by atoms with van der Waals surface area (Å²) in [5.41, 5.74) is 0.902. The minimum absolute atomic E-state index is 0.0302. The molecule has 4 nitrogen and oxygen atoms in total. The van der Waals surface area contributed by atoms with Crippen LogP contribution in [0.2, 0.25) is 0 Å². The Morgan fingerprint density at radius 2 is 1.92 bits per heavy atom. The van der Waals surface area contributed by atoms with E-state index in [9.17, 15) is 9.59 Å². The van der Waals surface area contributed by atoms with Crippen LogP contribution in [0, 0.1) is 0 Å². The Bertz CT molecular complexity index is 791. The molecule has 2 aromatic carbocycles. The molecule has 0 amide bonds. The summed E-state index contributed by atoms with van der Waals surface area (Å²) >= 11 is 0. The molecule has 4 heteroatoms. The minimum Gasteiger partial charge on any atom is -0.497 e. The van der Waals surface area contributed by atoms with Gasteiger partial charge in [-0.2, -0.15) is 0 Å². The fourth-order valence-electron chi connectivity index (χ4n) is 2.89. The highest BCUT2D eigenvalue weighted by atomic mass is 16.5. The molecule has 0 spiro atoms. The summed E-state index contributed by atoms with van der Waals surface area (Å²) in [6.45, 7) is 0. The molecule has 0 radical (unpaired) electrons. The lowest BCUT2D eigenvalue weighted by molar-refractivity contribution is -0.152. The van der Waals surface area contributed by atoms with Gasteiger partial charge in [-0.05, 0) is 59.9 Å². The van der Waals surface area contributed by atoms with Crippen LogP contribution in [0.1, 0.15) is 31.2 Å². The molecule has 0 N–H and O–H groups in total. The van der Waals surface area contributed by atoms with Gasteiger partial charge in [0.1, 0.15) is 5.75 Å². The Morgan fingerprint density at radius 1 is 1.12 bits per heavy atom. The van der Waals surface area contributed by atoms with Crippen LogP contribution >= 0.6 is 0 Å². The molecular formula is C20H20O4. The van der Waals surface area contributed by atoms with Crippen LogP contribution in [-0.4, -0.2) is 25.0 Å². The van der Waals surface area contributed by atoms with E-state index in [2.05, 4.69) is 0 Å². The number of hydrogen-bond acceptors (Lipinski definition) is 4. The Hall–Kier alpha value is -2.62. The minimum atomic E-state index is -0.569. The van der Waals surface area contributed by atoms with Crippen LogP contribution < -0.4 is 4.74 Å². The fraction of sp³-hybridized carbons (Fsp3) is 0.300. The first kappa shape index (κ1) is 16.2. The molecule has 1 aliphatic carbocycles. The van der Waals surface area contributed by atoms with Gasteiger partial charge in [-0.1, -0.05) is 18.2 Å². The lowest BCUT2D eigenvalue weighted by atomic mass is 9.96. The SMILES string of the molecule is COc1ccc2cc(/C=C/C(=O)O[C@H]3CCCCC3=O)ccc2c1. The van der Waals surface area contributed by atoms with Crippen molar-refractivity contribution < 1.29 is 19.1 Å². The largest absolute Gasteiger partial charge is 0.497 e. The van der Waals surface area contributed by atoms with Gasteiger partial charge in [0.25, 0.3) is 0 Å². The van der Waals surface area contributed by atoms with Gasteiger partial charge in [-0.15, -0.1) is 0 Å². The van der Waals surface area contributed by atoms with Gasteiger partial charge in [0.05, 0.1) is 7.11 Å². The average molecular weight is 324 g/mol. The molecule has 24 heavy (non-hydrogen) atoms. The van der Waals surface area contributed by atoms with Crippen molar-refractivity contribution in [3.8, 4) is 5.75 Å². The van der Waals surface area contributed by atoms with E-state index in [1.54, 1.807) is 13.2 Å². The number of rotatable bonds is 4. The normalized spacial score (nSPS) is 18.0. The number of ether oxygens (including phenoxy) is 2. The smallest absolute Gasteiger partial charge is 0.331 e. The standard InChI is InChI=1S/C20H20O4/c1-23-17-10-9-15-12-14(6-8-16(15)13-17)7-11-20(22)24-19-5-3-2-4-18(19)21/h6-13,19H,2-5H2,1H3/b11-7+/t19-/m0/s1. The zero-order chi connectivity index (χ0) is 16.9. The van der Waals surface area contributed by atoms with Gasteiger partial charge >= 0.3 is 5.97 Å². The van der Waals surface area contributed by atoms with Crippen LogP contribution in [0.3, 0.4) is 0 Å². The highest BCUT2D eigenvalue weighted by molar-refractivity contribution is 5.92. The zero-order valence-electron chi connectivity index (χ0n) is 13.7. The maximum absolute atomic E-state index is 11.9. The van der Waals surface area contributed by atoms with E-state index in [0.29, 0.717) is 12.8 Å². The van der Waals surface area contributed by atoms with E-state index in [-0.39, 0.29) is 5.78 Å². The van der Waals surface area contributed by atoms with E-state index in [1.807, 2.05) is 36.4 Å². The number of methoxy groups -OCH3 is 1. The summed E-state index contributed by atoms with van der Waals surface area (Å²) in [5.74, 6) is 0.374. The first-order valence-corrected chi connectivity index (χ1v) is 8.15. The summed E-state index contributed by atoms with van der Waals surface area (Å²) < 4.78 is 10.5. The quantitative estimate of drug-likeness (QED) is 0.632. The third kappa shape index (κ3) is 3.82. The second-order valence-electron chi connectivity index (χ2n) is 5.94. The molecule has 0 saturated heterocycles. The molecular weight excluding hydrogens is 304 g/mol. The van der Waals surface area contributed by atoms with Gasteiger partial charge in [0.2, 0.25) is 0 Å². The molecule has 0 aliphatic heterocycles. The number of fused-ring (bicyclic) bond motifs is 1. The molecule has 1 atom stereocenters. The maximum atomic E-state index is 11.9. The van der Waals surface area contributed by atoms with Crippen LogP contribution in [0.15, 0.2) is 42.5 Å².